The molecule has 1 aliphatic rings. The molecule has 0 saturated carbocycles. The Kier molecular flexibility index (Phi) is 4.15. The number of halogens is 1. The average Bonchev–Trinajstić information content (AvgIpc) is 2.85. The van der Waals surface area contributed by atoms with Gasteiger partial charge in [-0.1, -0.05) is 42.5 Å². The minimum absolute atomic E-state index is 0.216. The summed E-state index contributed by atoms with van der Waals surface area (Å²) in [6.45, 7) is 1.78. The summed E-state index contributed by atoms with van der Waals surface area (Å²) in [6.07, 6.45) is 5.50. The molecule has 0 fully saturated rings. The van der Waals surface area contributed by atoms with Crippen molar-refractivity contribution in [2.24, 2.45) is 5.10 Å². The summed E-state index contributed by atoms with van der Waals surface area (Å²) in [5, 5.41) is 5.54. The zero-order chi connectivity index (χ0) is 16.2. The average molecular weight is 306 g/mol. The van der Waals surface area contributed by atoms with E-state index in [0.717, 1.165) is 5.56 Å². The number of anilines is 1. The van der Waals surface area contributed by atoms with Crippen LogP contribution in [0.2, 0.25) is 0 Å². The van der Waals surface area contributed by atoms with Gasteiger partial charge < -0.3 is 0 Å². The molecular weight excluding hydrogens is 291 g/mol. The Morgan fingerprint density at radius 1 is 1.04 bits per heavy atom. The van der Waals surface area contributed by atoms with Crippen molar-refractivity contribution >= 4 is 23.4 Å². The highest BCUT2D eigenvalue weighted by Crippen LogP contribution is 2.23. The minimum Gasteiger partial charge on any atom is -0.267 e. The van der Waals surface area contributed by atoms with Crippen molar-refractivity contribution in [2.45, 2.75) is 6.92 Å². The van der Waals surface area contributed by atoms with Crippen LogP contribution in [0, 0.1) is 5.82 Å². The molecule has 1 heterocycles. The number of rotatable bonds is 3. The van der Waals surface area contributed by atoms with E-state index in [1.54, 1.807) is 13.0 Å². The fourth-order valence-electron chi connectivity index (χ4n) is 2.29. The molecule has 0 N–H and O–H groups in total. The topological polar surface area (TPSA) is 32.7 Å². The highest BCUT2D eigenvalue weighted by atomic mass is 19.1. The first kappa shape index (κ1) is 14.9. The van der Waals surface area contributed by atoms with Gasteiger partial charge in [0.1, 0.15) is 5.82 Å². The molecule has 3 nitrogen and oxygen atoms in total. The summed E-state index contributed by atoms with van der Waals surface area (Å²) < 4.78 is 13.0. The molecule has 23 heavy (non-hydrogen) atoms. The van der Waals surface area contributed by atoms with Crippen LogP contribution < -0.4 is 5.01 Å². The third kappa shape index (κ3) is 3.26. The van der Waals surface area contributed by atoms with E-state index in [1.165, 1.54) is 29.3 Å². The Morgan fingerprint density at radius 3 is 2.43 bits per heavy atom. The van der Waals surface area contributed by atoms with Crippen LogP contribution >= 0.6 is 0 Å². The number of amides is 1. The van der Waals surface area contributed by atoms with Crippen LogP contribution in [0.4, 0.5) is 10.1 Å². The van der Waals surface area contributed by atoms with Crippen LogP contribution in [0.3, 0.4) is 0 Å². The SMILES string of the molecule is CC1=NN(c2ccc(F)cc2)C(=O)/C1=C\C=C\c1ccccc1. The van der Waals surface area contributed by atoms with E-state index in [9.17, 15) is 9.18 Å². The Balaban J connectivity index is 1.81. The maximum Gasteiger partial charge on any atom is 0.280 e. The quantitative estimate of drug-likeness (QED) is 0.783. The lowest BCUT2D eigenvalue weighted by atomic mass is 10.1. The molecule has 0 spiro atoms. The van der Waals surface area contributed by atoms with Crippen molar-refractivity contribution in [2.75, 3.05) is 5.01 Å². The summed E-state index contributed by atoms with van der Waals surface area (Å²) in [5.74, 6) is -0.561. The van der Waals surface area contributed by atoms with Gasteiger partial charge in [-0.15, -0.1) is 0 Å². The first-order valence-electron chi connectivity index (χ1n) is 7.24. The van der Waals surface area contributed by atoms with Gasteiger partial charge in [-0.25, -0.2) is 4.39 Å². The highest BCUT2D eigenvalue weighted by molar-refractivity contribution is 6.29. The standard InChI is InChI=1S/C19H15FN2O/c1-14-18(9-5-8-15-6-3-2-4-7-15)19(23)22(21-14)17-12-10-16(20)11-13-17/h2-13H,1H3/b8-5+,18-9-. The third-order valence-electron chi connectivity index (χ3n) is 3.48. The fraction of sp³-hybridized carbons (Fsp3) is 0.0526. The number of allylic oxidation sites excluding steroid dienone is 2. The number of hydrogen-bond acceptors (Lipinski definition) is 2. The molecule has 1 aliphatic heterocycles. The first-order valence-corrected chi connectivity index (χ1v) is 7.24. The lowest BCUT2D eigenvalue weighted by molar-refractivity contribution is -0.114. The molecular formula is C19H15FN2O. The lowest BCUT2D eigenvalue weighted by Gasteiger charge is -2.11. The van der Waals surface area contributed by atoms with Crippen molar-refractivity contribution < 1.29 is 9.18 Å². The Hall–Kier alpha value is -3.01. The van der Waals surface area contributed by atoms with E-state index in [2.05, 4.69) is 5.10 Å². The van der Waals surface area contributed by atoms with Crippen LogP contribution in [-0.2, 0) is 4.79 Å². The Labute approximate surface area is 134 Å². The molecule has 0 aliphatic carbocycles. The van der Waals surface area contributed by atoms with Crippen molar-refractivity contribution in [3.8, 4) is 0 Å². The second kappa shape index (κ2) is 6.40. The van der Waals surface area contributed by atoms with Crippen LogP contribution in [0.1, 0.15) is 12.5 Å². The van der Waals surface area contributed by atoms with E-state index in [0.29, 0.717) is 17.0 Å². The predicted molar refractivity (Wildman–Crippen MR) is 90.6 cm³/mol. The number of hydrogen-bond donors (Lipinski definition) is 0. The molecule has 0 unspecified atom stereocenters. The monoisotopic (exact) mass is 306 g/mol. The summed E-state index contributed by atoms with van der Waals surface area (Å²) >= 11 is 0. The van der Waals surface area contributed by atoms with Crippen LogP contribution in [0.25, 0.3) is 6.08 Å². The van der Waals surface area contributed by atoms with Crippen molar-refractivity contribution in [1.82, 2.24) is 0 Å². The molecule has 2 aromatic carbocycles. The Morgan fingerprint density at radius 2 is 1.74 bits per heavy atom. The van der Waals surface area contributed by atoms with Gasteiger partial charge in [0.15, 0.2) is 0 Å². The smallest absolute Gasteiger partial charge is 0.267 e. The van der Waals surface area contributed by atoms with Gasteiger partial charge in [0.05, 0.1) is 17.0 Å². The maximum atomic E-state index is 13.0. The molecule has 0 saturated heterocycles. The van der Waals surface area contributed by atoms with Gasteiger partial charge in [-0.3, -0.25) is 4.79 Å². The van der Waals surface area contributed by atoms with Crippen molar-refractivity contribution in [1.29, 1.82) is 0 Å². The van der Waals surface area contributed by atoms with Gasteiger partial charge >= 0.3 is 0 Å². The summed E-state index contributed by atoms with van der Waals surface area (Å²) in [4.78, 5) is 12.5. The molecule has 2 aromatic rings. The van der Waals surface area contributed by atoms with Crippen LogP contribution in [0.5, 0.6) is 0 Å². The van der Waals surface area contributed by atoms with Gasteiger partial charge in [0, 0.05) is 0 Å². The second-order valence-corrected chi connectivity index (χ2v) is 5.13. The number of nitrogens with zero attached hydrogens (tertiary/aromatic N) is 2. The highest BCUT2D eigenvalue weighted by Gasteiger charge is 2.28. The van der Waals surface area contributed by atoms with Crippen molar-refractivity contribution in [3.05, 3.63) is 83.7 Å². The lowest BCUT2D eigenvalue weighted by Crippen LogP contribution is -2.21. The zero-order valence-corrected chi connectivity index (χ0v) is 12.6. The Bertz CT molecular complexity index is 805. The fourth-order valence-corrected chi connectivity index (χ4v) is 2.29. The minimum atomic E-state index is -0.345. The van der Waals surface area contributed by atoms with Gasteiger partial charge in [0.2, 0.25) is 0 Å². The van der Waals surface area contributed by atoms with Crippen LogP contribution in [0.15, 0.2) is 77.4 Å². The number of benzene rings is 2. The van der Waals surface area contributed by atoms with Crippen molar-refractivity contribution in [3.63, 3.8) is 0 Å². The van der Waals surface area contributed by atoms with E-state index in [-0.39, 0.29) is 11.7 Å². The van der Waals surface area contributed by atoms with Gasteiger partial charge in [0.25, 0.3) is 5.91 Å². The second-order valence-electron chi connectivity index (χ2n) is 5.13. The number of carbonyl (C=O) groups excluding carboxylic acids is 1. The largest absolute Gasteiger partial charge is 0.280 e. The molecule has 0 bridgehead atoms. The van der Waals surface area contributed by atoms with E-state index < -0.39 is 0 Å². The zero-order valence-electron chi connectivity index (χ0n) is 12.6. The van der Waals surface area contributed by atoms with E-state index in [1.807, 2.05) is 42.5 Å². The maximum absolute atomic E-state index is 13.0. The molecule has 1 amide bonds. The number of hydrazone groups is 1. The first-order chi connectivity index (χ1) is 11.1. The van der Waals surface area contributed by atoms with Crippen LogP contribution in [-0.4, -0.2) is 11.6 Å². The van der Waals surface area contributed by atoms with E-state index >= 15 is 0 Å². The molecule has 3 rings (SSSR count). The third-order valence-corrected chi connectivity index (χ3v) is 3.48. The molecule has 0 aromatic heterocycles. The molecule has 0 atom stereocenters. The van der Waals surface area contributed by atoms with Gasteiger partial charge in [-0.05, 0) is 42.8 Å². The normalized spacial score (nSPS) is 16.4. The molecule has 4 heteroatoms. The summed E-state index contributed by atoms with van der Waals surface area (Å²) in [7, 11) is 0. The van der Waals surface area contributed by atoms with E-state index in [4.69, 9.17) is 0 Å². The summed E-state index contributed by atoms with van der Waals surface area (Å²) in [6, 6.07) is 15.5. The predicted octanol–water partition coefficient (Wildman–Crippen LogP) is 4.19. The molecule has 0 radical (unpaired) electrons. The molecule has 114 valence electrons. The van der Waals surface area contributed by atoms with Gasteiger partial charge in [-0.2, -0.15) is 10.1 Å². The summed E-state index contributed by atoms with van der Waals surface area (Å²) in [5.41, 5.74) is 2.77. The number of carbonyl (C=O) groups is 1.